The van der Waals surface area contributed by atoms with E-state index in [1.807, 2.05) is 24.0 Å². The summed E-state index contributed by atoms with van der Waals surface area (Å²) in [4.78, 5) is 27.6. The van der Waals surface area contributed by atoms with Crippen LogP contribution >= 0.6 is 11.8 Å². The van der Waals surface area contributed by atoms with Crippen LogP contribution in [0.15, 0.2) is 87.0 Å². The minimum Gasteiger partial charge on any atom is -0.461 e. The van der Waals surface area contributed by atoms with E-state index in [9.17, 15) is 18.0 Å². The maximum Gasteiger partial charge on any atom is 0.359 e. The van der Waals surface area contributed by atoms with Crippen molar-refractivity contribution in [3.05, 3.63) is 111 Å². The van der Waals surface area contributed by atoms with Crippen LogP contribution in [-0.2, 0) is 34.1 Å². The molecule has 246 valence electrons. The second kappa shape index (κ2) is 15.6. The number of piperazine rings is 1. The zero-order valence-corrected chi connectivity index (χ0v) is 28.6. The van der Waals surface area contributed by atoms with Gasteiger partial charge in [0, 0.05) is 37.4 Å². The lowest BCUT2D eigenvalue weighted by Gasteiger charge is -2.42. The van der Waals surface area contributed by atoms with Crippen LogP contribution in [0.1, 0.15) is 59.9 Å². The second-order valence-corrected chi connectivity index (χ2v) is 14.1. The molecule has 1 aliphatic heterocycles. The van der Waals surface area contributed by atoms with Gasteiger partial charge in [0.05, 0.1) is 27.5 Å². The van der Waals surface area contributed by atoms with Crippen molar-refractivity contribution in [3.8, 4) is 0 Å². The van der Waals surface area contributed by atoms with E-state index in [4.69, 9.17) is 4.74 Å². The van der Waals surface area contributed by atoms with Gasteiger partial charge in [-0.1, -0.05) is 81.6 Å². The lowest BCUT2D eigenvalue weighted by atomic mass is 10.1. The number of hydrogen-bond donors (Lipinski definition) is 2. The Hall–Kier alpha value is -3.87. The molecule has 1 fully saturated rings. The molecule has 1 aromatic heterocycles. The number of carbonyl (C=O) groups excluding carboxylic acids is 1. The molecular formula is C34H43N5O5S2. The standard InChI is InChI=1S/C34H43N5O5S2/c1-7-10-27-11-13-28(14-12-27)21-35-24(5)30-22-38(19-20-39(30)46(42,43)29-17-15-26(8-2)16-18-29)25(6)45-32-23(4)31(34(41)44-9-3)36-37-33(32)40/h11-18,30,35H,5-10,19-22H2,1-4H3,(H,37,40)/t30-/m1/s1. The Labute approximate surface area is 276 Å². The largest absolute Gasteiger partial charge is 0.461 e. The van der Waals surface area contributed by atoms with E-state index in [0.29, 0.717) is 29.4 Å². The Balaban J connectivity index is 1.58. The molecule has 0 radical (unpaired) electrons. The van der Waals surface area contributed by atoms with Crippen molar-refractivity contribution in [2.24, 2.45) is 0 Å². The van der Waals surface area contributed by atoms with Crippen molar-refractivity contribution in [1.82, 2.24) is 24.7 Å². The van der Waals surface area contributed by atoms with Crippen molar-refractivity contribution in [1.29, 1.82) is 0 Å². The predicted molar refractivity (Wildman–Crippen MR) is 182 cm³/mol. The SMILES string of the molecule is C=C(NCc1ccc(CCC)cc1)[C@H]1CN(C(=C)Sc2c(C)c(C(=O)OCC)n[nH]c2=O)CCN1S(=O)(=O)c1ccc(CC)cc1. The normalized spacial score (nSPS) is 15.4. The quantitative estimate of drug-likeness (QED) is 0.181. The fourth-order valence-corrected chi connectivity index (χ4v) is 7.79. The number of aromatic nitrogens is 2. The van der Waals surface area contributed by atoms with Crippen LogP contribution in [0.25, 0.3) is 0 Å². The van der Waals surface area contributed by atoms with E-state index in [0.717, 1.165) is 42.2 Å². The number of benzene rings is 2. The fraction of sp³-hybridized carbons (Fsp3) is 0.382. The highest BCUT2D eigenvalue weighted by Crippen LogP contribution is 2.33. The van der Waals surface area contributed by atoms with E-state index in [-0.39, 0.29) is 35.2 Å². The molecule has 1 saturated heterocycles. The molecule has 4 rings (SSSR count). The maximum atomic E-state index is 14.0. The first kappa shape index (κ1) is 35.0. The third-order valence-corrected chi connectivity index (χ3v) is 11.1. The third-order valence-electron chi connectivity index (χ3n) is 7.97. The third kappa shape index (κ3) is 8.09. The second-order valence-electron chi connectivity index (χ2n) is 11.1. The molecule has 46 heavy (non-hydrogen) atoms. The van der Waals surface area contributed by atoms with Crippen LogP contribution in [0.2, 0.25) is 0 Å². The van der Waals surface area contributed by atoms with Crippen LogP contribution in [0, 0.1) is 6.92 Å². The molecule has 0 saturated carbocycles. The van der Waals surface area contributed by atoms with Gasteiger partial charge in [0.1, 0.15) is 0 Å². The molecular weight excluding hydrogens is 623 g/mol. The number of hydrogen-bond acceptors (Lipinski definition) is 9. The number of nitrogens with zero attached hydrogens (tertiary/aromatic N) is 3. The number of sulfonamides is 1. The minimum atomic E-state index is -3.86. The summed E-state index contributed by atoms with van der Waals surface area (Å²) >= 11 is 1.11. The van der Waals surface area contributed by atoms with Crippen molar-refractivity contribution < 1.29 is 17.9 Å². The summed E-state index contributed by atoms with van der Waals surface area (Å²) in [6.45, 7) is 17.4. The highest BCUT2D eigenvalue weighted by atomic mass is 32.2. The molecule has 2 heterocycles. The van der Waals surface area contributed by atoms with Gasteiger partial charge in [0.25, 0.3) is 5.56 Å². The Morgan fingerprint density at radius 2 is 1.70 bits per heavy atom. The zero-order valence-electron chi connectivity index (χ0n) is 27.0. The zero-order chi connectivity index (χ0) is 33.4. The van der Waals surface area contributed by atoms with Gasteiger partial charge < -0.3 is 15.0 Å². The number of aromatic amines is 1. The first-order valence-corrected chi connectivity index (χ1v) is 17.7. The molecule has 0 unspecified atom stereocenters. The average molecular weight is 666 g/mol. The predicted octanol–water partition coefficient (Wildman–Crippen LogP) is 5.01. The van der Waals surface area contributed by atoms with Crippen LogP contribution < -0.4 is 10.9 Å². The van der Waals surface area contributed by atoms with E-state index < -0.39 is 27.6 Å². The van der Waals surface area contributed by atoms with Crippen molar-refractivity contribution in [2.45, 2.75) is 69.3 Å². The van der Waals surface area contributed by atoms with Crippen LogP contribution in [-0.4, -0.2) is 66.1 Å². The molecule has 1 atom stereocenters. The Bertz CT molecular complexity index is 1720. The molecule has 3 aromatic rings. The van der Waals surface area contributed by atoms with Crippen LogP contribution in [0.3, 0.4) is 0 Å². The molecule has 0 aliphatic carbocycles. The fourth-order valence-electron chi connectivity index (χ4n) is 5.27. The van der Waals surface area contributed by atoms with Crippen LogP contribution in [0.4, 0.5) is 0 Å². The highest BCUT2D eigenvalue weighted by Gasteiger charge is 2.38. The monoisotopic (exact) mass is 665 g/mol. The first-order valence-electron chi connectivity index (χ1n) is 15.5. The summed E-state index contributed by atoms with van der Waals surface area (Å²) in [6.07, 6.45) is 2.90. The lowest BCUT2D eigenvalue weighted by Crippen LogP contribution is -2.56. The maximum absolute atomic E-state index is 14.0. The average Bonchev–Trinajstić information content (AvgIpc) is 3.06. The van der Waals surface area contributed by atoms with Gasteiger partial charge in [-0.15, -0.1) is 0 Å². The minimum absolute atomic E-state index is 0.0277. The first-order chi connectivity index (χ1) is 22.0. The Kier molecular flexibility index (Phi) is 11.9. The van der Waals surface area contributed by atoms with Gasteiger partial charge in [-0.05, 0) is 55.5 Å². The van der Waals surface area contributed by atoms with Gasteiger partial charge in [-0.25, -0.2) is 18.3 Å². The molecule has 0 bridgehead atoms. The smallest absolute Gasteiger partial charge is 0.359 e. The van der Waals surface area contributed by atoms with Gasteiger partial charge >= 0.3 is 5.97 Å². The number of thioether (sulfide) groups is 1. The Morgan fingerprint density at radius 1 is 1.04 bits per heavy atom. The number of aryl methyl sites for hydroxylation is 2. The van der Waals surface area contributed by atoms with Crippen molar-refractivity contribution in [2.75, 3.05) is 26.2 Å². The number of nitrogens with one attached hydrogen (secondary N) is 2. The van der Waals surface area contributed by atoms with E-state index in [1.54, 1.807) is 26.0 Å². The van der Waals surface area contributed by atoms with E-state index in [2.05, 4.69) is 59.9 Å². The summed E-state index contributed by atoms with van der Waals surface area (Å²) < 4.78 is 34.6. The highest BCUT2D eigenvalue weighted by molar-refractivity contribution is 8.03. The van der Waals surface area contributed by atoms with Crippen molar-refractivity contribution >= 4 is 27.8 Å². The molecule has 0 amide bonds. The molecule has 10 nitrogen and oxygen atoms in total. The topological polar surface area (TPSA) is 125 Å². The Morgan fingerprint density at radius 3 is 2.33 bits per heavy atom. The molecule has 12 heteroatoms. The number of H-pyrrole nitrogens is 1. The summed E-state index contributed by atoms with van der Waals surface area (Å²) in [7, 11) is -3.86. The summed E-state index contributed by atoms with van der Waals surface area (Å²) in [5.41, 5.74) is 3.89. The molecule has 2 N–H and O–H groups in total. The van der Waals surface area contributed by atoms with E-state index >= 15 is 0 Å². The molecule has 0 spiro atoms. The van der Waals surface area contributed by atoms with Gasteiger partial charge in [-0.2, -0.15) is 9.40 Å². The van der Waals surface area contributed by atoms with Gasteiger partial charge in [0.15, 0.2) is 5.69 Å². The number of rotatable bonds is 14. The summed E-state index contributed by atoms with van der Waals surface area (Å²) in [5, 5.41) is 10.2. The van der Waals surface area contributed by atoms with Crippen LogP contribution in [0.5, 0.6) is 0 Å². The van der Waals surface area contributed by atoms with Crippen molar-refractivity contribution in [3.63, 3.8) is 0 Å². The lowest BCUT2D eigenvalue weighted by molar-refractivity contribution is 0.0516. The van der Waals surface area contributed by atoms with E-state index in [1.165, 1.54) is 9.87 Å². The summed E-state index contributed by atoms with van der Waals surface area (Å²) in [6, 6.07) is 14.7. The molecule has 2 aromatic carbocycles. The van der Waals surface area contributed by atoms with Gasteiger partial charge in [0.2, 0.25) is 10.0 Å². The number of carbonyl (C=O) groups is 1. The summed E-state index contributed by atoms with van der Waals surface area (Å²) in [5.74, 6) is -0.628. The number of ether oxygens (including phenoxy) is 1. The number of esters is 1. The molecule has 1 aliphatic rings. The van der Waals surface area contributed by atoms with Gasteiger partial charge in [-0.3, -0.25) is 4.79 Å².